The molecule has 0 spiro atoms. The Hall–Kier alpha value is -3.65. The monoisotopic (exact) mass is 577 g/mol. The summed E-state index contributed by atoms with van der Waals surface area (Å²) in [6, 6.07) is 24.2. The predicted molar refractivity (Wildman–Crippen MR) is 166 cm³/mol. The van der Waals surface area contributed by atoms with Gasteiger partial charge in [-0.05, 0) is 63.8 Å². The highest BCUT2D eigenvalue weighted by molar-refractivity contribution is 7.92. The molecule has 0 aliphatic carbocycles. The smallest absolute Gasteiger partial charge is 0.243 e. The molecule has 3 rings (SSSR count). The van der Waals surface area contributed by atoms with Crippen LogP contribution >= 0.6 is 0 Å². The van der Waals surface area contributed by atoms with Crippen LogP contribution in [0.1, 0.15) is 55.9 Å². The fourth-order valence-electron chi connectivity index (χ4n) is 4.72. The first kappa shape index (κ1) is 31.9. The number of hydrogen-bond donors (Lipinski definition) is 1. The first-order valence-corrected chi connectivity index (χ1v) is 15.8. The van der Waals surface area contributed by atoms with Gasteiger partial charge in [-0.25, -0.2) is 8.42 Å². The topological polar surface area (TPSA) is 86.8 Å². The van der Waals surface area contributed by atoms with Crippen LogP contribution in [0.5, 0.6) is 0 Å². The van der Waals surface area contributed by atoms with E-state index in [9.17, 15) is 18.0 Å². The normalized spacial score (nSPS) is 12.4. The quantitative estimate of drug-likeness (QED) is 0.312. The van der Waals surface area contributed by atoms with Crippen LogP contribution in [0.15, 0.2) is 78.9 Å². The zero-order chi connectivity index (χ0) is 30.2. The van der Waals surface area contributed by atoms with Crippen molar-refractivity contribution in [2.75, 3.05) is 17.1 Å². The maximum atomic E-state index is 13.9. The van der Waals surface area contributed by atoms with Gasteiger partial charge in [0, 0.05) is 31.5 Å². The van der Waals surface area contributed by atoms with Crippen LogP contribution in [0.4, 0.5) is 5.69 Å². The van der Waals surface area contributed by atoms with Crippen LogP contribution in [0.2, 0.25) is 0 Å². The molecule has 8 heteroatoms. The van der Waals surface area contributed by atoms with E-state index < -0.39 is 21.6 Å². The average Bonchev–Trinajstić information content (AvgIpc) is 2.89. The minimum atomic E-state index is -3.56. The van der Waals surface area contributed by atoms with Gasteiger partial charge in [0.1, 0.15) is 6.04 Å². The lowest BCUT2D eigenvalue weighted by molar-refractivity contribution is -0.142. The summed E-state index contributed by atoms with van der Waals surface area (Å²) in [5.41, 5.74) is 3.94. The van der Waals surface area contributed by atoms with Crippen LogP contribution in [-0.2, 0) is 32.6 Å². The molecule has 7 nitrogen and oxygen atoms in total. The van der Waals surface area contributed by atoms with Crippen molar-refractivity contribution < 1.29 is 18.0 Å². The third-order valence-electron chi connectivity index (χ3n) is 6.78. The second-order valence-electron chi connectivity index (χ2n) is 11.7. The van der Waals surface area contributed by atoms with Crippen LogP contribution < -0.4 is 9.62 Å². The van der Waals surface area contributed by atoms with Gasteiger partial charge in [-0.2, -0.15) is 0 Å². The van der Waals surface area contributed by atoms with Crippen molar-refractivity contribution in [3.8, 4) is 0 Å². The summed E-state index contributed by atoms with van der Waals surface area (Å²) in [5, 5.41) is 3.07. The number of carbonyl (C=O) groups is 2. The Morgan fingerprint density at radius 2 is 1.46 bits per heavy atom. The van der Waals surface area contributed by atoms with Gasteiger partial charge < -0.3 is 10.2 Å². The van der Waals surface area contributed by atoms with Crippen LogP contribution in [0, 0.1) is 13.8 Å². The Balaban J connectivity index is 1.90. The largest absolute Gasteiger partial charge is 0.350 e. The van der Waals surface area contributed by atoms with Crippen molar-refractivity contribution in [1.82, 2.24) is 10.2 Å². The summed E-state index contributed by atoms with van der Waals surface area (Å²) >= 11 is 0. The highest BCUT2D eigenvalue weighted by Gasteiger charge is 2.32. The Morgan fingerprint density at radius 3 is 2.05 bits per heavy atom. The molecule has 0 fully saturated rings. The summed E-state index contributed by atoms with van der Waals surface area (Å²) < 4.78 is 26.7. The van der Waals surface area contributed by atoms with E-state index in [0.29, 0.717) is 18.5 Å². The van der Waals surface area contributed by atoms with Gasteiger partial charge >= 0.3 is 0 Å². The van der Waals surface area contributed by atoms with E-state index in [0.717, 1.165) is 22.3 Å². The van der Waals surface area contributed by atoms with Crippen LogP contribution in [0.25, 0.3) is 0 Å². The molecule has 0 heterocycles. The maximum absolute atomic E-state index is 13.9. The van der Waals surface area contributed by atoms with Gasteiger partial charge in [0.15, 0.2) is 0 Å². The molecule has 2 amide bonds. The van der Waals surface area contributed by atoms with E-state index >= 15 is 0 Å². The first-order valence-electron chi connectivity index (χ1n) is 14.0. The number of benzene rings is 3. The van der Waals surface area contributed by atoms with E-state index in [4.69, 9.17) is 0 Å². The highest BCUT2D eigenvalue weighted by atomic mass is 32.2. The second-order valence-corrected chi connectivity index (χ2v) is 13.6. The molecule has 220 valence electrons. The molecule has 0 saturated heterocycles. The fraction of sp³-hybridized carbons (Fsp3) is 0.394. The number of anilines is 1. The lowest BCUT2D eigenvalue weighted by Crippen LogP contribution is -2.54. The molecular formula is C33H43N3O4S. The molecule has 0 aromatic heterocycles. The minimum absolute atomic E-state index is 0.0951. The summed E-state index contributed by atoms with van der Waals surface area (Å²) in [6.07, 6.45) is 1.94. The Kier molecular flexibility index (Phi) is 10.7. The zero-order valence-corrected chi connectivity index (χ0v) is 25.9. The standard InChI is InChI=1S/C33H43N3O4S/c1-25-18-20-28(21-19-25)24-35(30(32(38)34-33(3,4)5)23-27-14-8-7-9-15-27)31(37)17-12-22-36(41(6,39)40)29-16-11-10-13-26(29)2/h7-11,13-16,18-21,30H,12,17,22-24H2,1-6H3,(H,34,38)/t30-/m1/s1. The average molecular weight is 578 g/mol. The molecule has 0 unspecified atom stereocenters. The van der Waals surface area contributed by atoms with Gasteiger partial charge in [-0.15, -0.1) is 0 Å². The summed E-state index contributed by atoms with van der Waals surface area (Å²) in [4.78, 5) is 29.3. The van der Waals surface area contributed by atoms with Crippen molar-refractivity contribution in [3.05, 3.63) is 101 Å². The van der Waals surface area contributed by atoms with Gasteiger partial charge in [-0.1, -0.05) is 78.4 Å². The Morgan fingerprint density at radius 1 is 0.854 bits per heavy atom. The van der Waals surface area contributed by atoms with Gasteiger partial charge in [-0.3, -0.25) is 13.9 Å². The summed E-state index contributed by atoms with van der Waals surface area (Å²) in [6.45, 7) is 10.0. The van der Waals surface area contributed by atoms with Crippen molar-refractivity contribution in [1.29, 1.82) is 0 Å². The predicted octanol–water partition coefficient (Wildman–Crippen LogP) is 5.40. The Labute approximate surface area is 245 Å². The lowest BCUT2D eigenvalue weighted by atomic mass is 10.00. The molecule has 0 saturated carbocycles. The fourth-order valence-corrected chi connectivity index (χ4v) is 5.75. The molecule has 0 radical (unpaired) electrons. The molecule has 0 aliphatic heterocycles. The van der Waals surface area contributed by atoms with E-state index in [1.165, 1.54) is 10.6 Å². The van der Waals surface area contributed by atoms with E-state index in [2.05, 4.69) is 5.32 Å². The number of amides is 2. The Bertz CT molecular complexity index is 1410. The molecule has 3 aromatic rings. The molecule has 0 bridgehead atoms. The number of sulfonamides is 1. The molecular weight excluding hydrogens is 534 g/mol. The lowest BCUT2D eigenvalue weighted by Gasteiger charge is -2.34. The van der Waals surface area contributed by atoms with Gasteiger partial charge in [0.25, 0.3) is 0 Å². The molecule has 1 N–H and O–H groups in total. The number of aryl methyl sites for hydroxylation is 2. The first-order chi connectivity index (χ1) is 19.2. The third kappa shape index (κ3) is 9.74. The van der Waals surface area contributed by atoms with Gasteiger partial charge in [0.05, 0.1) is 11.9 Å². The SMILES string of the molecule is Cc1ccc(CN(C(=O)CCCN(c2ccccc2C)S(C)(=O)=O)[C@H](Cc2ccccc2)C(=O)NC(C)(C)C)cc1. The number of hydrogen-bond acceptors (Lipinski definition) is 4. The van der Waals surface area contributed by atoms with Crippen molar-refractivity contribution in [3.63, 3.8) is 0 Å². The van der Waals surface area contributed by atoms with Crippen LogP contribution in [-0.4, -0.2) is 49.5 Å². The molecule has 0 aliphatic rings. The maximum Gasteiger partial charge on any atom is 0.243 e. The number of rotatable bonds is 12. The second kappa shape index (κ2) is 13.8. The zero-order valence-electron chi connectivity index (χ0n) is 25.1. The van der Waals surface area contributed by atoms with Gasteiger partial charge in [0.2, 0.25) is 21.8 Å². The van der Waals surface area contributed by atoms with E-state index in [-0.39, 0.29) is 31.3 Å². The number of para-hydroxylation sites is 1. The number of nitrogens with zero attached hydrogens (tertiary/aromatic N) is 2. The minimum Gasteiger partial charge on any atom is -0.350 e. The number of carbonyl (C=O) groups excluding carboxylic acids is 2. The van der Waals surface area contributed by atoms with Crippen molar-refractivity contribution in [2.45, 2.75) is 72.0 Å². The molecule has 41 heavy (non-hydrogen) atoms. The van der Waals surface area contributed by atoms with E-state index in [1.54, 1.807) is 17.0 Å². The van der Waals surface area contributed by atoms with Crippen molar-refractivity contribution in [2.24, 2.45) is 0 Å². The van der Waals surface area contributed by atoms with Crippen molar-refractivity contribution >= 4 is 27.5 Å². The van der Waals surface area contributed by atoms with Crippen LogP contribution in [0.3, 0.4) is 0 Å². The summed E-state index contributed by atoms with van der Waals surface area (Å²) in [7, 11) is -3.56. The van der Waals surface area contributed by atoms with E-state index in [1.807, 2.05) is 101 Å². The molecule has 3 aromatic carbocycles. The number of nitrogens with one attached hydrogen (secondary N) is 1. The third-order valence-corrected chi connectivity index (χ3v) is 7.96. The highest BCUT2D eigenvalue weighted by Crippen LogP contribution is 2.23. The molecule has 1 atom stereocenters. The summed E-state index contributed by atoms with van der Waals surface area (Å²) in [5.74, 6) is -0.423.